The molecule has 0 atom stereocenters. The SMILES string of the molecule is Fc1ccc(Nc2nc(C3=CCCN=C3)nc3cc(Br)ccc23)cc1Cl. The molecule has 0 bridgehead atoms. The minimum Gasteiger partial charge on any atom is -0.340 e. The van der Waals surface area contributed by atoms with Gasteiger partial charge in [0.1, 0.15) is 11.6 Å². The summed E-state index contributed by atoms with van der Waals surface area (Å²) in [7, 11) is 0. The van der Waals surface area contributed by atoms with Gasteiger partial charge < -0.3 is 5.32 Å². The Balaban J connectivity index is 1.84. The number of benzene rings is 2. The lowest BCUT2D eigenvalue weighted by molar-refractivity contribution is 0.628. The number of halogens is 3. The third-order valence-electron chi connectivity index (χ3n) is 3.95. The number of nitrogens with zero attached hydrogens (tertiary/aromatic N) is 3. The first-order chi connectivity index (χ1) is 12.6. The van der Waals surface area contributed by atoms with Gasteiger partial charge >= 0.3 is 0 Å². The Bertz CT molecular complexity index is 1060. The Morgan fingerprint density at radius 2 is 2.00 bits per heavy atom. The lowest BCUT2D eigenvalue weighted by Crippen LogP contribution is -2.04. The average molecular weight is 432 g/mol. The molecule has 0 unspecified atom stereocenters. The van der Waals surface area contributed by atoms with Crippen LogP contribution in [0.3, 0.4) is 0 Å². The Hall–Kier alpha value is -2.31. The Kier molecular flexibility index (Phi) is 4.70. The van der Waals surface area contributed by atoms with Crippen LogP contribution in [-0.2, 0) is 0 Å². The van der Waals surface area contributed by atoms with Gasteiger partial charge in [-0.15, -0.1) is 0 Å². The number of dihydropyridines is 1. The van der Waals surface area contributed by atoms with E-state index in [1.807, 2.05) is 18.2 Å². The van der Waals surface area contributed by atoms with Gasteiger partial charge in [0.05, 0.1) is 10.5 Å². The van der Waals surface area contributed by atoms with Crippen molar-refractivity contribution in [2.24, 2.45) is 4.99 Å². The highest BCUT2D eigenvalue weighted by molar-refractivity contribution is 9.10. The van der Waals surface area contributed by atoms with Gasteiger partial charge in [0.25, 0.3) is 0 Å². The van der Waals surface area contributed by atoms with Crippen LogP contribution in [0.2, 0.25) is 5.02 Å². The minimum absolute atomic E-state index is 0.0541. The summed E-state index contributed by atoms with van der Waals surface area (Å²) in [4.78, 5) is 13.6. The Morgan fingerprint density at radius 1 is 1.12 bits per heavy atom. The number of hydrogen-bond donors (Lipinski definition) is 1. The quantitative estimate of drug-likeness (QED) is 0.571. The van der Waals surface area contributed by atoms with Crippen LogP contribution in [0.25, 0.3) is 16.5 Å². The summed E-state index contributed by atoms with van der Waals surface area (Å²) in [6, 6.07) is 10.3. The van der Waals surface area contributed by atoms with E-state index < -0.39 is 5.82 Å². The predicted molar refractivity (Wildman–Crippen MR) is 108 cm³/mol. The number of fused-ring (bicyclic) bond motifs is 1. The molecular weight excluding hydrogens is 419 g/mol. The van der Waals surface area contributed by atoms with Gasteiger partial charge in [0.2, 0.25) is 0 Å². The number of aromatic nitrogens is 2. The summed E-state index contributed by atoms with van der Waals surface area (Å²) in [5.41, 5.74) is 2.33. The molecule has 0 saturated heterocycles. The molecule has 3 aromatic rings. The number of nitrogens with one attached hydrogen (secondary N) is 1. The highest BCUT2D eigenvalue weighted by Gasteiger charge is 2.13. The molecule has 0 amide bonds. The second kappa shape index (κ2) is 7.13. The summed E-state index contributed by atoms with van der Waals surface area (Å²) in [6.07, 6.45) is 4.73. The van der Waals surface area contributed by atoms with Gasteiger partial charge in [-0.25, -0.2) is 14.4 Å². The van der Waals surface area contributed by atoms with Crippen LogP contribution in [0, 0.1) is 5.82 Å². The van der Waals surface area contributed by atoms with E-state index in [1.54, 1.807) is 12.3 Å². The van der Waals surface area contributed by atoms with Crippen molar-refractivity contribution in [2.45, 2.75) is 6.42 Å². The molecule has 26 heavy (non-hydrogen) atoms. The van der Waals surface area contributed by atoms with E-state index in [-0.39, 0.29) is 5.02 Å². The molecule has 0 radical (unpaired) electrons. The van der Waals surface area contributed by atoms with Gasteiger partial charge in [-0.3, -0.25) is 4.99 Å². The summed E-state index contributed by atoms with van der Waals surface area (Å²) in [5.74, 6) is 0.757. The molecule has 1 N–H and O–H groups in total. The van der Waals surface area contributed by atoms with E-state index in [2.05, 4.69) is 42.3 Å². The zero-order chi connectivity index (χ0) is 18.1. The second-order valence-corrected chi connectivity index (χ2v) is 7.12. The van der Waals surface area contributed by atoms with Crippen LogP contribution >= 0.6 is 27.5 Å². The molecule has 1 aliphatic heterocycles. The summed E-state index contributed by atoms with van der Waals surface area (Å²) in [6.45, 7) is 0.780. The number of anilines is 2. The standard InChI is InChI=1S/C19H13BrClFN4/c20-12-3-5-14-17(8-12)25-18(11-2-1-7-23-10-11)26-19(14)24-13-4-6-16(22)15(21)9-13/h2-6,8-10H,1,7H2,(H,24,25,26). The van der Waals surface area contributed by atoms with Crippen LogP contribution in [0.5, 0.6) is 0 Å². The van der Waals surface area contributed by atoms with Crippen molar-refractivity contribution in [1.29, 1.82) is 0 Å². The summed E-state index contributed by atoms with van der Waals surface area (Å²) in [5, 5.41) is 4.13. The molecule has 0 spiro atoms. The maximum Gasteiger partial charge on any atom is 0.163 e. The van der Waals surface area contributed by atoms with Crippen molar-refractivity contribution in [3.63, 3.8) is 0 Å². The Morgan fingerprint density at radius 3 is 2.77 bits per heavy atom. The minimum atomic E-state index is -0.460. The van der Waals surface area contributed by atoms with Crippen LogP contribution in [0.1, 0.15) is 12.2 Å². The molecule has 0 saturated carbocycles. The molecule has 2 aromatic carbocycles. The zero-order valence-electron chi connectivity index (χ0n) is 13.5. The smallest absolute Gasteiger partial charge is 0.163 e. The third-order valence-corrected chi connectivity index (χ3v) is 4.74. The van der Waals surface area contributed by atoms with Gasteiger partial charge in [0, 0.05) is 33.9 Å². The summed E-state index contributed by atoms with van der Waals surface area (Å²) < 4.78 is 14.4. The zero-order valence-corrected chi connectivity index (χ0v) is 15.9. The number of rotatable bonds is 3. The van der Waals surface area contributed by atoms with Crippen molar-refractivity contribution in [3.05, 3.63) is 63.6 Å². The first-order valence-corrected chi connectivity index (χ1v) is 9.17. The summed E-state index contributed by atoms with van der Waals surface area (Å²) >= 11 is 9.37. The van der Waals surface area contributed by atoms with Crippen molar-refractivity contribution < 1.29 is 4.39 Å². The molecule has 130 valence electrons. The third kappa shape index (κ3) is 3.48. The van der Waals surface area contributed by atoms with Gasteiger partial charge in [-0.2, -0.15) is 0 Å². The van der Waals surface area contributed by atoms with E-state index in [0.717, 1.165) is 33.9 Å². The lowest BCUT2D eigenvalue weighted by atomic mass is 10.1. The maximum atomic E-state index is 13.4. The molecule has 1 aliphatic rings. The van der Waals surface area contributed by atoms with E-state index in [0.29, 0.717) is 17.3 Å². The maximum absolute atomic E-state index is 13.4. The number of hydrogen-bond acceptors (Lipinski definition) is 4. The van der Waals surface area contributed by atoms with E-state index in [1.165, 1.54) is 12.1 Å². The highest BCUT2D eigenvalue weighted by Crippen LogP contribution is 2.29. The fourth-order valence-electron chi connectivity index (χ4n) is 2.70. The molecule has 2 heterocycles. The second-order valence-electron chi connectivity index (χ2n) is 5.79. The van der Waals surface area contributed by atoms with Crippen LogP contribution in [0.4, 0.5) is 15.9 Å². The highest BCUT2D eigenvalue weighted by atomic mass is 79.9. The normalized spacial score (nSPS) is 13.7. The van der Waals surface area contributed by atoms with Crippen molar-refractivity contribution in [2.75, 3.05) is 11.9 Å². The average Bonchev–Trinajstić information content (AvgIpc) is 2.65. The first kappa shape index (κ1) is 17.1. The predicted octanol–water partition coefficient (Wildman–Crippen LogP) is 5.79. The van der Waals surface area contributed by atoms with Gasteiger partial charge in [0.15, 0.2) is 5.82 Å². The van der Waals surface area contributed by atoms with Crippen molar-refractivity contribution in [1.82, 2.24) is 9.97 Å². The van der Waals surface area contributed by atoms with Crippen LogP contribution < -0.4 is 5.32 Å². The van der Waals surface area contributed by atoms with Gasteiger partial charge in [-0.1, -0.05) is 33.6 Å². The monoisotopic (exact) mass is 430 g/mol. The van der Waals surface area contributed by atoms with Crippen molar-refractivity contribution >= 4 is 61.7 Å². The van der Waals surface area contributed by atoms with E-state index in [9.17, 15) is 4.39 Å². The number of allylic oxidation sites excluding steroid dienone is 1. The topological polar surface area (TPSA) is 50.2 Å². The van der Waals surface area contributed by atoms with Crippen LogP contribution in [0.15, 0.2) is 51.9 Å². The molecule has 0 fully saturated rings. The molecule has 4 nitrogen and oxygen atoms in total. The fraction of sp³-hybridized carbons (Fsp3) is 0.105. The first-order valence-electron chi connectivity index (χ1n) is 8.00. The largest absolute Gasteiger partial charge is 0.340 e. The molecular formula is C19H13BrClFN4. The molecule has 7 heteroatoms. The number of aliphatic imine (C=N–C) groups is 1. The fourth-order valence-corrected chi connectivity index (χ4v) is 3.23. The van der Waals surface area contributed by atoms with Gasteiger partial charge in [-0.05, 0) is 42.8 Å². The van der Waals surface area contributed by atoms with Crippen molar-refractivity contribution in [3.8, 4) is 0 Å². The molecule has 0 aliphatic carbocycles. The Labute approximate surface area is 163 Å². The lowest BCUT2D eigenvalue weighted by Gasteiger charge is -2.13. The van der Waals surface area contributed by atoms with Crippen LogP contribution in [-0.4, -0.2) is 22.7 Å². The van der Waals surface area contributed by atoms with E-state index in [4.69, 9.17) is 11.6 Å². The molecule has 1 aromatic heterocycles. The van der Waals surface area contributed by atoms with E-state index >= 15 is 0 Å². The molecule has 4 rings (SSSR count).